The van der Waals surface area contributed by atoms with Crippen molar-refractivity contribution in [3.63, 3.8) is 0 Å². The lowest BCUT2D eigenvalue weighted by atomic mass is 9.94. The van der Waals surface area contributed by atoms with Crippen LogP contribution in [0.3, 0.4) is 0 Å². The number of carbonyl (C=O) groups is 2. The summed E-state index contributed by atoms with van der Waals surface area (Å²) in [7, 11) is 0. The summed E-state index contributed by atoms with van der Waals surface area (Å²) in [6.07, 6.45) is 0. The molecule has 2 N–H and O–H groups in total. The number of carbonyl (C=O) groups excluding carboxylic acids is 1. The Bertz CT molecular complexity index is 1040. The summed E-state index contributed by atoms with van der Waals surface area (Å²) in [6, 6.07) is 10.0. The lowest BCUT2D eigenvalue weighted by Crippen LogP contribution is -2.13. The molecule has 7 nitrogen and oxygen atoms in total. The van der Waals surface area contributed by atoms with E-state index in [-0.39, 0.29) is 16.9 Å². The number of halogens is 1. The van der Waals surface area contributed by atoms with E-state index in [9.17, 15) is 24.8 Å². The van der Waals surface area contributed by atoms with Crippen LogP contribution < -0.4 is 0 Å². The monoisotopic (exact) mass is 372 g/mol. The van der Waals surface area contributed by atoms with Gasteiger partial charge in [-0.3, -0.25) is 19.7 Å². The molecule has 1 aromatic heterocycles. The van der Waals surface area contributed by atoms with Crippen molar-refractivity contribution >= 4 is 39.9 Å². The lowest BCUT2D eigenvalue weighted by Gasteiger charge is -2.09. The highest BCUT2D eigenvalue weighted by Crippen LogP contribution is 2.32. The first kappa shape index (κ1) is 17.6. The number of nitrogens with zero attached hydrogens (tertiary/aromatic N) is 1. The van der Waals surface area contributed by atoms with Gasteiger partial charge < -0.3 is 10.1 Å². The lowest BCUT2D eigenvalue weighted by molar-refractivity contribution is -0.384. The number of ketones is 1. The van der Waals surface area contributed by atoms with Crippen LogP contribution in [0.1, 0.15) is 34.5 Å². The van der Waals surface area contributed by atoms with Crippen molar-refractivity contribution in [2.45, 2.75) is 12.8 Å². The van der Waals surface area contributed by atoms with E-state index >= 15 is 0 Å². The van der Waals surface area contributed by atoms with Gasteiger partial charge in [0.1, 0.15) is 0 Å². The number of nitro benzene ring substituents is 1. The summed E-state index contributed by atoms with van der Waals surface area (Å²) in [5, 5.41) is 21.2. The molecule has 0 amide bonds. The fourth-order valence-electron chi connectivity index (χ4n) is 2.82. The van der Waals surface area contributed by atoms with Crippen molar-refractivity contribution in [3.8, 4) is 0 Å². The van der Waals surface area contributed by atoms with Gasteiger partial charge in [-0.25, -0.2) is 0 Å². The van der Waals surface area contributed by atoms with Crippen LogP contribution in [-0.4, -0.2) is 26.8 Å². The third-order valence-corrected chi connectivity index (χ3v) is 4.41. The molecule has 0 aliphatic rings. The Kier molecular flexibility index (Phi) is 4.48. The smallest absolute Gasteiger partial charge is 0.310 e. The van der Waals surface area contributed by atoms with Gasteiger partial charge in [-0.05, 0) is 31.2 Å². The quantitative estimate of drug-likeness (QED) is 0.397. The minimum Gasteiger partial charge on any atom is -0.481 e. The zero-order valence-electron chi connectivity index (χ0n) is 13.5. The number of aromatic amines is 1. The molecule has 0 fully saturated rings. The third-order valence-electron chi connectivity index (χ3n) is 4.17. The first-order valence-electron chi connectivity index (χ1n) is 7.62. The second kappa shape index (κ2) is 6.61. The minimum atomic E-state index is -1.07. The predicted octanol–water partition coefficient (Wildman–Crippen LogP) is 4.15. The second-order valence-electron chi connectivity index (χ2n) is 5.80. The molecule has 8 heteroatoms. The van der Waals surface area contributed by atoms with Crippen molar-refractivity contribution in [3.05, 3.63) is 74.4 Å². The maximum absolute atomic E-state index is 12.9. The number of hydrogen-bond acceptors (Lipinski definition) is 4. The molecule has 26 heavy (non-hydrogen) atoms. The number of carboxylic acid groups (broad SMARTS) is 1. The number of aliphatic carboxylic acids is 1. The molecule has 0 spiro atoms. The van der Waals surface area contributed by atoms with Gasteiger partial charge in [0.2, 0.25) is 5.78 Å². The number of aromatic nitrogens is 1. The summed E-state index contributed by atoms with van der Waals surface area (Å²) in [5.74, 6) is -2.45. The first-order chi connectivity index (χ1) is 12.3. The van der Waals surface area contributed by atoms with Crippen LogP contribution in [-0.2, 0) is 4.79 Å². The molecule has 0 saturated carbocycles. The van der Waals surface area contributed by atoms with Gasteiger partial charge in [-0.15, -0.1) is 0 Å². The largest absolute Gasteiger partial charge is 0.481 e. The molecule has 3 aromatic rings. The van der Waals surface area contributed by atoms with Crippen LogP contribution in [0.4, 0.5) is 5.69 Å². The molecule has 0 radical (unpaired) electrons. The van der Waals surface area contributed by atoms with E-state index in [1.165, 1.54) is 31.2 Å². The number of fused-ring (bicyclic) bond motifs is 1. The topological polar surface area (TPSA) is 113 Å². The molecular formula is C18H13ClN2O5. The van der Waals surface area contributed by atoms with E-state index < -0.39 is 22.6 Å². The second-order valence-corrected chi connectivity index (χ2v) is 6.23. The summed E-state index contributed by atoms with van der Waals surface area (Å²) in [6.45, 7) is 1.49. The van der Waals surface area contributed by atoms with Gasteiger partial charge in [0.25, 0.3) is 5.69 Å². The van der Waals surface area contributed by atoms with Crippen LogP contribution in [0.25, 0.3) is 10.9 Å². The van der Waals surface area contributed by atoms with Crippen LogP contribution >= 0.6 is 11.6 Å². The van der Waals surface area contributed by atoms with Gasteiger partial charge in [0.05, 0.1) is 16.5 Å². The number of nitrogens with one attached hydrogen (secondary N) is 1. The average molecular weight is 373 g/mol. The highest BCUT2D eigenvalue weighted by molar-refractivity contribution is 6.31. The third kappa shape index (κ3) is 3.04. The van der Waals surface area contributed by atoms with Crippen LogP contribution in [0.5, 0.6) is 0 Å². The normalized spacial score (nSPS) is 12.1. The Balaban J connectivity index is 2.16. The van der Waals surface area contributed by atoms with Crippen LogP contribution in [0.2, 0.25) is 5.02 Å². The van der Waals surface area contributed by atoms with E-state index in [0.29, 0.717) is 21.5 Å². The summed E-state index contributed by atoms with van der Waals surface area (Å²) < 4.78 is 0. The Morgan fingerprint density at radius 1 is 1.19 bits per heavy atom. The van der Waals surface area contributed by atoms with Crippen molar-refractivity contribution in [1.29, 1.82) is 0 Å². The average Bonchev–Trinajstić information content (AvgIpc) is 2.98. The Morgan fingerprint density at radius 2 is 1.85 bits per heavy atom. The fourth-order valence-corrected chi connectivity index (χ4v) is 2.99. The van der Waals surface area contributed by atoms with Gasteiger partial charge in [0, 0.05) is 39.2 Å². The molecule has 0 aliphatic heterocycles. The molecule has 2 aromatic carbocycles. The molecule has 1 heterocycles. The van der Waals surface area contributed by atoms with Gasteiger partial charge in [0.15, 0.2) is 0 Å². The van der Waals surface area contributed by atoms with E-state index in [1.54, 1.807) is 18.2 Å². The molecular weight excluding hydrogens is 360 g/mol. The molecule has 0 bridgehead atoms. The SMILES string of the molecule is CC(C(=O)O)c1c(C(=O)c2ccc([N+](=O)[O-])cc2)[nH]c2cc(Cl)ccc12. The minimum absolute atomic E-state index is 0.131. The summed E-state index contributed by atoms with van der Waals surface area (Å²) >= 11 is 5.98. The number of hydrogen-bond donors (Lipinski definition) is 2. The molecule has 1 atom stereocenters. The number of benzene rings is 2. The van der Waals surface area contributed by atoms with Crippen molar-refractivity contribution in [2.75, 3.05) is 0 Å². The standard InChI is InChI=1S/C18H13ClN2O5/c1-9(18(23)24)15-13-7-4-11(19)8-14(13)20-16(15)17(22)10-2-5-12(6-3-10)21(25)26/h2-9,20H,1H3,(H,23,24). The zero-order valence-corrected chi connectivity index (χ0v) is 14.3. The zero-order chi connectivity index (χ0) is 19.0. The van der Waals surface area contributed by atoms with E-state index in [0.717, 1.165) is 0 Å². The van der Waals surface area contributed by atoms with Gasteiger partial charge in [-0.2, -0.15) is 0 Å². The highest BCUT2D eigenvalue weighted by atomic mass is 35.5. The van der Waals surface area contributed by atoms with E-state index in [2.05, 4.69) is 4.98 Å². The van der Waals surface area contributed by atoms with Gasteiger partial charge >= 0.3 is 5.97 Å². The van der Waals surface area contributed by atoms with Crippen LogP contribution in [0.15, 0.2) is 42.5 Å². The first-order valence-corrected chi connectivity index (χ1v) is 8.00. The maximum Gasteiger partial charge on any atom is 0.310 e. The Labute approximate surface area is 152 Å². The Morgan fingerprint density at radius 3 is 2.42 bits per heavy atom. The fraction of sp³-hybridized carbons (Fsp3) is 0.111. The van der Waals surface area contributed by atoms with Crippen molar-refractivity contribution in [2.24, 2.45) is 0 Å². The number of nitro groups is 1. The number of non-ortho nitro benzene ring substituents is 1. The van der Waals surface area contributed by atoms with Crippen LogP contribution in [0, 0.1) is 10.1 Å². The van der Waals surface area contributed by atoms with E-state index in [4.69, 9.17) is 11.6 Å². The van der Waals surface area contributed by atoms with Crippen molar-refractivity contribution < 1.29 is 19.6 Å². The highest BCUT2D eigenvalue weighted by Gasteiger charge is 2.27. The van der Waals surface area contributed by atoms with Gasteiger partial charge in [-0.1, -0.05) is 17.7 Å². The molecule has 3 rings (SSSR count). The molecule has 0 saturated heterocycles. The maximum atomic E-state index is 12.9. The molecule has 0 aliphatic carbocycles. The number of carboxylic acids is 1. The van der Waals surface area contributed by atoms with Crippen molar-refractivity contribution in [1.82, 2.24) is 4.98 Å². The van der Waals surface area contributed by atoms with E-state index in [1.807, 2.05) is 0 Å². The summed E-state index contributed by atoms with van der Waals surface area (Å²) in [5.41, 5.74) is 1.11. The Hall–Kier alpha value is -3.19. The molecule has 1 unspecified atom stereocenters. The number of rotatable bonds is 5. The summed E-state index contributed by atoms with van der Waals surface area (Å²) in [4.78, 5) is 37.6. The molecule has 132 valence electrons. The number of H-pyrrole nitrogens is 1. The predicted molar refractivity (Wildman–Crippen MR) is 95.9 cm³/mol.